The fourth-order valence-corrected chi connectivity index (χ4v) is 4.47. The van der Waals surface area contributed by atoms with Crippen LogP contribution in [0.25, 0.3) is 11.2 Å². The van der Waals surface area contributed by atoms with Gasteiger partial charge in [-0.25, -0.2) is 18.7 Å². The van der Waals surface area contributed by atoms with Crippen molar-refractivity contribution >= 4 is 34.7 Å². The van der Waals surface area contributed by atoms with Crippen LogP contribution in [0.5, 0.6) is 0 Å². The van der Waals surface area contributed by atoms with Crippen molar-refractivity contribution in [2.45, 2.75) is 64.0 Å². The van der Waals surface area contributed by atoms with Crippen LogP contribution in [0.3, 0.4) is 0 Å². The Balaban J connectivity index is 0.000000672. The van der Waals surface area contributed by atoms with Crippen LogP contribution in [0.2, 0.25) is 0 Å². The number of carbonyl (C=O) groups is 1. The Hall–Kier alpha value is -3.34. The maximum atomic E-state index is 14.3. The molecule has 0 atom stereocenters. The summed E-state index contributed by atoms with van der Waals surface area (Å²) < 4.78 is 35.1. The van der Waals surface area contributed by atoms with Gasteiger partial charge in [0.1, 0.15) is 17.2 Å². The second-order valence-electron chi connectivity index (χ2n) is 8.89. The molecule has 0 bridgehead atoms. The average Bonchev–Trinajstić information content (AvgIpc) is 3.19. The maximum Gasteiger partial charge on any atom is 0.224 e. The lowest BCUT2D eigenvalue weighted by Crippen LogP contribution is -2.28. The number of fused-ring (bicyclic) bond motifs is 1. The Kier molecular flexibility index (Phi) is 8.06. The highest BCUT2D eigenvalue weighted by atomic mass is 19.1. The first-order chi connectivity index (χ1) is 16.9. The van der Waals surface area contributed by atoms with Gasteiger partial charge in [-0.3, -0.25) is 9.36 Å². The number of carbonyl (C=O) groups excluding carboxylic acids is 1. The van der Waals surface area contributed by atoms with E-state index in [1.54, 1.807) is 6.20 Å². The van der Waals surface area contributed by atoms with Crippen LogP contribution in [0, 0.1) is 11.6 Å². The van der Waals surface area contributed by atoms with Crippen molar-refractivity contribution in [3.63, 3.8) is 0 Å². The van der Waals surface area contributed by atoms with Crippen LogP contribution in [-0.4, -0.2) is 44.7 Å². The second kappa shape index (κ2) is 11.4. The smallest absolute Gasteiger partial charge is 0.224 e. The molecule has 9 nitrogen and oxygen atoms in total. The Morgan fingerprint density at radius 2 is 1.83 bits per heavy atom. The van der Waals surface area contributed by atoms with Gasteiger partial charge in [-0.2, -0.15) is 4.98 Å². The zero-order valence-electron chi connectivity index (χ0n) is 19.8. The highest BCUT2D eigenvalue weighted by Crippen LogP contribution is 2.35. The summed E-state index contributed by atoms with van der Waals surface area (Å²) in [5.74, 6) is -0.533. The summed E-state index contributed by atoms with van der Waals surface area (Å²) in [7, 11) is 0. The molecule has 5 rings (SSSR count). The normalized spacial score (nSPS) is 17.0. The molecule has 2 aromatic heterocycles. The third-order valence-corrected chi connectivity index (χ3v) is 6.10. The second-order valence-corrected chi connectivity index (χ2v) is 8.89. The minimum absolute atomic E-state index is 0.183. The van der Waals surface area contributed by atoms with E-state index >= 15 is 0 Å². The number of rotatable bonds is 5. The predicted molar refractivity (Wildman–Crippen MR) is 129 cm³/mol. The lowest BCUT2D eigenvalue weighted by Gasteiger charge is -2.25. The van der Waals surface area contributed by atoms with Crippen LogP contribution in [0.1, 0.15) is 57.9 Å². The number of nitrogens with zero attached hydrogens (tertiary/aromatic N) is 4. The van der Waals surface area contributed by atoms with E-state index in [1.165, 1.54) is 25.5 Å². The molecule has 2 aliphatic rings. The van der Waals surface area contributed by atoms with E-state index in [9.17, 15) is 13.6 Å². The van der Waals surface area contributed by atoms with Gasteiger partial charge in [0.2, 0.25) is 17.8 Å². The number of halogens is 2. The molecule has 1 saturated carbocycles. The van der Waals surface area contributed by atoms with Crippen molar-refractivity contribution in [2.24, 2.45) is 5.73 Å². The van der Waals surface area contributed by atoms with Gasteiger partial charge in [-0.15, -0.1) is 0 Å². The third-order valence-electron chi connectivity index (χ3n) is 6.10. The molecule has 1 aromatic carbocycles. The van der Waals surface area contributed by atoms with Crippen molar-refractivity contribution in [3.05, 3.63) is 36.0 Å². The molecule has 1 aliphatic heterocycles. The minimum Gasteiger partial charge on any atom is -0.381 e. The molecular weight excluding hydrogens is 456 g/mol. The lowest BCUT2D eigenvalue weighted by atomic mass is 9.95. The van der Waals surface area contributed by atoms with Gasteiger partial charge in [0, 0.05) is 38.3 Å². The van der Waals surface area contributed by atoms with Crippen molar-refractivity contribution in [1.29, 1.82) is 0 Å². The number of benzene rings is 1. The van der Waals surface area contributed by atoms with Gasteiger partial charge in [0.15, 0.2) is 5.65 Å². The van der Waals surface area contributed by atoms with Crippen molar-refractivity contribution in [2.75, 3.05) is 23.8 Å². The summed E-state index contributed by atoms with van der Waals surface area (Å²) in [5.41, 5.74) is 6.02. The van der Waals surface area contributed by atoms with Crippen LogP contribution >= 0.6 is 0 Å². The molecule has 1 amide bonds. The molecule has 0 spiro atoms. The van der Waals surface area contributed by atoms with Gasteiger partial charge in [0.25, 0.3) is 0 Å². The first-order valence-corrected chi connectivity index (χ1v) is 12.0. The number of nitrogens with one attached hydrogen (secondary N) is 2. The first kappa shape index (κ1) is 24.8. The topological polar surface area (TPSA) is 120 Å². The Labute approximate surface area is 202 Å². The number of amides is 1. The monoisotopic (exact) mass is 487 g/mol. The predicted octanol–water partition coefficient (Wildman–Crippen LogP) is 4.44. The van der Waals surface area contributed by atoms with E-state index in [2.05, 4.69) is 30.9 Å². The van der Waals surface area contributed by atoms with Crippen molar-refractivity contribution in [1.82, 2.24) is 19.5 Å². The average molecular weight is 488 g/mol. The number of primary amides is 1. The maximum absolute atomic E-state index is 14.3. The minimum atomic E-state index is -0.657. The van der Waals surface area contributed by atoms with Crippen LogP contribution in [-0.2, 0) is 9.53 Å². The quantitative estimate of drug-likeness (QED) is 0.487. The molecule has 2 fully saturated rings. The highest BCUT2D eigenvalue weighted by Gasteiger charge is 2.24. The van der Waals surface area contributed by atoms with E-state index in [0.29, 0.717) is 17.4 Å². The molecule has 0 unspecified atom stereocenters. The Morgan fingerprint density at radius 1 is 1.11 bits per heavy atom. The molecule has 1 aliphatic carbocycles. The summed E-state index contributed by atoms with van der Waals surface area (Å²) in [5, 5.41) is 6.47. The zero-order chi connectivity index (χ0) is 24.8. The number of imidazole rings is 1. The molecule has 3 aromatic rings. The molecule has 3 heterocycles. The summed E-state index contributed by atoms with van der Waals surface area (Å²) in [6, 6.07) is 3.98. The number of anilines is 3. The van der Waals surface area contributed by atoms with E-state index in [1.807, 2.05) is 0 Å². The highest BCUT2D eigenvalue weighted by molar-refractivity contribution is 5.76. The molecule has 11 heteroatoms. The van der Waals surface area contributed by atoms with Crippen LogP contribution < -0.4 is 16.4 Å². The SMILES string of the molecule is CC(N)=O.Fc1ccc(Nc2nc3cnc(NC4CCOCC4)nc3n2C2CCCCC2)c(F)c1. The van der Waals surface area contributed by atoms with Crippen molar-refractivity contribution < 1.29 is 18.3 Å². The first-order valence-electron chi connectivity index (χ1n) is 12.0. The van der Waals surface area contributed by atoms with Gasteiger partial charge in [-0.1, -0.05) is 19.3 Å². The number of nitrogens with two attached hydrogens (primary N) is 1. The standard InChI is InChI=1S/C22H26F2N6O.C2H5NO/c23-14-6-7-18(17(24)12-14)27-22-28-19-13-25-21(26-15-8-10-31-11-9-15)29-20(19)30(22)16-4-2-1-3-5-16;1-2(3)4/h6-7,12-13,15-16H,1-5,8-11H2,(H,27,28)(H,25,26,29);1H3,(H2,3,4). The summed E-state index contributed by atoms with van der Waals surface area (Å²) >= 11 is 0. The summed E-state index contributed by atoms with van der Waals surface area (Å²) in [4.78, 5) is 23.1. The molecule has 0 radical (unpaired) electrons. The van der Waals surface area contributed by atoms with Gasteiger partial charge >= 0.3 is 0 Å². The van der Waals surface area contributed by atoms with E-state index < -0.39 is 11.6 Å². The summed E-state index contributed by atoms with van der Waals surface area (Å²) in [6.07, 6.45) is 9.04. The Bertz CT molecular complexity index is 1150. The fraction of sp³-hybridized carbons (Fsp3) is 0.500. The fourth-order valence-electron chi connectivity index (χ4n) is 4.47. The van der Waals surface area contributed by atoms with Gasteiger partial charge in [-0.05, 0) is 37.8 Å². The number of aromatic nitrogens is 4. The summed E-state index contributed by atoms with van der Waals surface area (Å²) in [6.45, 7) is 2.77. The zero-order valence-corrected chi connectivity index (χ0v) is 19.8. The number of hydrogen-bond donors (Lipinski definition) is 3. The molecule has 188 valence electrons. The Morgan fingerprint density at radius 3 is 2.51 bits per heavy atom. The van der Waals surface area contributed by atoms with E-state index in [-0.39, 0.29) is 23.7 Å². The molecule has 4 N–H and O–H groups in total. The molecule has 35 heavy (non-hydrogen) atoms. The van der Waals surface area contributed by atoms with E-state index in [0.717, 1.165) is 63.5 Å². The molecular formula is C24H31F2N7O2. The number of hydrogen-bond acceptors (Lipinski definition) is 7. The lowest BCUT2D eigenvalue weighted by molar-refractivity contribution is -0.115. The van der Waals surface area contributed by atoms with E-state index in [4.69, 9.17) is 9.72 Å². The molecule has 1 saturated heterocycles. The number of ether oxygens (including phenoxy) is 1. The van der Waals surface area contributed by atoms with Crippen LogP contribution in [0.15, 0.2) is 24.4 Å². The van der Waals surface area contributed by atoms with Crippen molar-refractivity contribution in [3.8, 4) is 0 Å². The largest absolute Gasteiger partial charge is 0.381 e. The van der Waals surface area contributed by atoms with Gasteiger partial charge < -0.3 is 21.1 Å². The van der Waals surface area contributed by atoms with Crippen LogP contribution in [0.4, 0.5) is 26.4 Å². The third kappa shape index (κ3) is 6.41. The van der Waals surface area contributed by atoms with Gasteiger partial charge in [0.05, 0.1) is 11.9 Å².